The largest absolute Gasteiger partial charge is 0.304 e. The molecule has 0 spiro atoms. The number of benzene rings is 1. The van der Waals surface area contributed by atoms with E-state index in [1.54, 1.807) is 0 Å². The molecule has 0 saturated carbocycles. The Bertz CT molecular complexity index is 391. The second kappa shape index (κ2) is 3.66. The van der Waals surface area contributed by atoms with E-state index in [-0.39, 0.29) is 17.1 Å². The zero-order chi connectivity index (χ0) is 10.7. The van der Waals surface area contributed by atoms with Crippen LogP contribution in [0.25, 0.3) is 0 Å². The number of non-ortho nitro benzene ring substituents is 1. The van der Waals surface area contributed by atoms with Crippen LogP contribution in [0, 0.1) is 20.2 Å². The topological polar surface area (TPSA) is 126 Å². The lowest BCUT2D eigenvalue weighted by Gasteiger charge is -1.98. The molecule has 0 atom stereocenters. The summed E-state index contributed by atoms with van der Waals surface area (Å²) in [7, 11) is 0. The number of rotatable bonds is 3. The lowest BCUT2D eigenvalue weighted by atomic mass is 10.2. The van der Waals surface area contributed by atoms with Crippen LogP contribution in [0.15, 0.2) is 18.2 Å². The maximum Gasteiger partial charge on any atom is 0.304 e. The van der Waals surface area contributed by atoms with E-state index >= 15 is 0 Å². The number of hydrogen-bond acceptors (Lipinski definition) is 5. The number of hydrogen-bond donors (Lipinski definition) is 2. The molecular formula is C6H7N4O4+. The Morgan fingerprint density at radius 1 is 1.21 bits per heavy atom. The molecule has 0 unspecified atom stereocenters. The summed E-state index contributed by atoms with van der Waals surface area (Å²) in [6, 6.07) is 3.29. The quantitative estimate of drug-likeness (QED) is 0.526. The van der Waals surface area contributed by atoms with Gasteiger partial charge in [-0.25, -0.2) is 5.43 Å². The summed E-state index contributed by atoms with van der Waals surface area (Å²) in [5.74, 6) is 3.25. The molecule has 4 N–H and O–H groups in total. The number of nitro groups is 2. The number of anilines is 1. The highest BCUT2D eigenvalue weighted by atomic mass is 16.6. The summed E-state index contributed by atoms with van der Waals surface area (Å²) in [5.41, 5.74) is 1.78. The fourth-order valence-electron chi connectivity index (χ4n) is 0.934. The summed E-state index contributed by atoms with van der Waals surface area (Å²) in [6.07, 6.45) is 0. The van der Waals surface area contributed by atoms with E-state index in [4.69, 9.17) is 0 Å². The molecule has 0 aliphatic heterocycles. The van der Waals surface area contributed by atoms with Crippen molar-refractivity contribution >= 4 is 17.1 Å². The first kappa shape index (κ1) is 9.86. The van der Waals surface area contributed by atoms with Gasteiger partial charge >= 0.3 is 5.69 Å². The van der Waals surface area contributed by atoms with Gasteiger partial charge in [-0.3, -0.25) is 26.1 Å². The average molecular weight is 199 g/mol. The number of quaternary nitrogens is 1. The zero-order valence-electron chi connectivity index (χ0n) is 6.97. The van der Waals surface area contributed by atoms with Gasteiger partial charge < -0.3 is 0 Å². The SMILES string of the molecule is [NH3+]Nc1ccc([N+](=O)[O-])cc1[N+](=O)[O-]. The molecule has 0 saturated heterocycles. The van der Waals surface area contributed by atoms with E-state index in [0.717, 1.165) is 6.07 Å². The van der Waals surface area contributed by atoms with Crippen molar-refractivity contribution in [1.82, 2.24) is 0 Å². The van der Waals surface area contributed by atoms with Crippen molar-refractivity contribution in [3.05, 3.63) is 38.4 Å². The Morgan fingerprint density at radius 2 is 1.86 bits per heavy atom. The molecule has 8 heteroatoms. The van der Waals surface area contributed by atoms with E-state index in [1.807, 2.05) is 0 Å². The summed E-state index contributed by atoms with van der Waals surface area (Å²) in [5, 5.41) is 20.8. The van der Waals surface area contributed by atoms with Crippen LogP contribution in [-0.4, -0.2) is 9.85 Å². The van der Waals surface area contributed by atoms with E-state index in [2.05, 4.69) is 11.3 Å². The van der Waals surface area contributed by atoms with Crippen molar-refractivity contribution in [1.29, 1.82) is 0 Å². The summed E-state index contributed by atoms with van der Waals surface area (Å²) < 4.78 is 0. The van der Waals surface area contributed by atoms with Crippen LogP contribution in [0.1, 0.15) is 0 Å². The van der Waals surface area contributed by atoms with E-state index in [9.17, 15) is 20.2 Å². The normalized spacial score (nSPS) is 9.50. The molecule has 1 rings (SSSR count). The van der Waals surface area contributed by atoms with E-state index in [1.165, 1.54) is 12.1 Å². The van der Waals surface area contributed by atoms with Crippen LogP contribution >= 0.6 is 0 Å². The van der Waals surface area contributed by atoms with Crippen LogP contribution < -0.4 is 11.3 Å². The lowest BCUT2D eigenvalue weighted by Crippen LogP contribution is -2.56. The lowest BCUT2D eigenvalue weighted by molar-refractivity contribution is -0.394. The van der Waals surface area contributed by atoms with Gasteiger partial charge in [-0.15, -0.1) is 0 Å². The highest BCUT2D eigenvalue weighted by molar-refractivity contribution is 5.63. The molecule has 74 valence electrons. The van der Waals surface area contributed by atoms with Gasteiger partial charge in [0, 0.05) is 6.07 Å². The van der Waals surface area contributed by atoms with Gasteiger partial charge in [0.05, 0.1) is 15.9 Å². The first-order chi connectivity index (χ1) is 6.56. The van der Waals surface area contributed by atoms with Gasteiger partial charge in [-0.05, 0) is 6.07 Å². The van der Waals surface area contributed by atoms with Gasteiger partial charge in [0.2, 0.25) is 0 Å². The fraction of sp³-hybridized carbons (Fsp3) is 0. The second-order valence-electron chi connectivity index (χ2n) is 2.39. The highest BCUT2D eigenvalue weighted by Gasteiger charge is 2.19. The van der Waals surface area contributed by atoms with E-state index < -0.39 is 9.85 Å². The summed E-state index contributed by atoms with van der Waals surface area (Å²) >= 11 is 0. The first-order valence-corrected chi connectivity index (χ1v) is 3.52. The van der Waals surface area contributed by atoms with Crippen LogP contribution in [0.3, 0.4) is 0 Å². The molecule has 0 radical (unpaired) electrons. The highest BCUT2D eigenvalue weighted by Crippen LogP contribution is 2.27. The Balaban J connectivity index is 3.27. The molecular weight excluding hydrogens is 192 g/mol. The van der Waals surface area contributed by atoms with Crippen LogP contribution in [-0.2, 0) is 0 Å². The minimum Gasteiger partial charge on any atom is -0.258 e. The maximum atomic E-state index is 10.5. The Hall–Kier alpha value is -2.22. The van der Waals surface area contributed by atoms with E-state index in [0.29, 0.717) is 0 Å². The maximum absolute atomic E-state index is 10.5. The first-order valence-electron chi connectivity index (χ1n) is 3.52. The minimum absolute atomic E-state index is 0.139. The van der Waals surface area contributed by atoms with Crippen molar-refractivity contribution in [2.75, 3.05) is 5.43 Å². The third-order valence-corrected chi connectivity index (χ3v) is 1.58. The van der Waals surface area contributed by atoms with Crippen molar-refractivity contribution in [3.63, 3.8) is 0 Å². The average Bonchev–Trinajstić information content (AvgIpc) is 2.16. The van der Waals surface area contributed by atoms with Gasteiger partial charge in [-0.2, -0.15) is 0 Å². The molecule has 0 heterocycles. The van der Waals surface area contributed by atoms with Gasteiger partial charge in [-0.1, -0.05) is 0 Å². The van der Waals surface area contributed by atoms with Crippen LogP contribution in [0.2, 0.25) is 0 Å². The molecule has 0 aromatic heterocycles. The predicted molar refractivity (Wildman–Crippen MR) is 46.3 cm³/mol. The molecule has 8 nitrogen and oxygen atoms in total. The van der Waals surface area contributed by atoms with Gasteiger partial charge in [0.15, 0.2) is 5.69 Å². The third-order valence-electron chi connectivity index (χ3n) is 1.58. The summed E-state index contributed by atoms with van der Waals surface area (Å²) in [6.45, 7) is 0. The Kier molecular flexibility index (Phi) is 2.58. The van der Waals surface area contributed by atoms with Crippen LogP contribution in [0.4, 0.5) is 17.1 Å². The number of nitro benzene ring substituents is 2. The predicted octanol–water partition coefficient (Wildman–Crippen LogP) is 0.0718. The Morgan fingerprint density at radius 3 is 2.29 bits per heavy atom. The van der Waals surface area contributed by atoms with Crippen molar-refractivity contribution in [2.45, 2.75) is 0 Å². The Labute approximate surface area is 77.6 Å². The van der Waals surface area contributed by atoms with Crippen molar-refractivity contribution < 1.29 is 15.7 Å². The van der Waals surface area contributed by atoms with Crippen molar-refractivity contribution in [3.8, 4) is 0 Å². The molecule has 14 heavy (non-hydrogen) atoms. The standard InChI is InChI=1S/C6H6N4O4/c7-8-5-2-1-4(9(11)12)3-6(5)10(13)14/h1-3,8H,7H2/p+1. The third kappa shape index (κ3) is 1.75. The number of nitrogens with one attached hydrogen (secondary N) is 1. The zero-order valence-corrected chi connectivity index (χ0v) is 6.97. The molecule has 0 fully saturated rings. The second-order valence-corrected chi connectivity index (χ2v) is 2.39. The molecule has 0 bridgehead atoms. The molecule has 1 aromatic rings. The molecule has 0 aliphatic carbocycles. The number of nitrogens with zero attached hydrogens (tertiary/aromatic N) is 2. The van der Waals surface area contributed by atoms with Gasteiger partial charge in [0.1, 0.15) is 0 Å². The monoisotopic (exact) mass is 199 g/mol. The molecule has 1 aromatic carbocycles. The molecule has 0 amide bonds. The van der Waals surface area contributed by atoms with Crippen LogP contribution in [0.5, 0.6) is 0 Å². The molecule has 0 aliphatic rings. The fourth-order valence-corrected chi connectivity index (χ4v) is 0.934. The summed E-state index contributed by atoms with van der Waals surface area (Å²) in [4.78, 5) is 19.4. The van der Waals surface area contributed by atoms with Crippen molar-refractivity contribution in [2.24, 2.45) is 0 Å². The minimum atomic E-state index is -0.708. The smallest absolute Gasteiger partial charge is 0.258 e. The van der Waals surface area contributed by atoms with Gasteiger partial charge in [0.25, 0.3) is 5.69 Å².